The van der Waals surface area contributed by atoms with Crippen LogP contribution >= 0.6 is 11.5 Å². The third kappa shape index (κ3) is 2.98. The van der Waals surface area contributed by atoms with E-state index in [9.17, 15) is 0 Å². The van der Waals surface area contributed by atoms with Crippen molar-refractivity contribution in [1.29, 1.82) is 0 Å². The van der Waals surface area contributed by atoms with E-state index < -0.39 is 0 Å². The van der Waals surface area contributed by atoms with Gasteiger partial charge in [-0.2, -0.15) is 0 Å². The van der Waals surface area contributed by atoms with E-state index in [1.807, 2.05) is 26.2 Å². The van der Waals surface area contributed by atoms with E-state index in [1.165, 1.54) is 16.4 Å². The van der Waals surface area contributed by atoms with Crippen molar-refractivity contribution in [2.45, 2.75) is 39.2 Å². The fraction of sp³-hybridized carbons (Fsp3) is 0.500. The number of hydrogen-bond acceptors (Lipinski definition) is 5. The third-order valence-corrected chi connectivity index (χ3v) is 3.83. The quantitative estimate of drug-likeness (QED) is 0.936. The van der Waals surface area contributed by atoms with Gasteiger partial charge in [-0.05, 0) is 37.1 Å². The summed E-state index contributed by atoms with van der Waals surface area (Å²) in [7, 11) is 1.96. The summed E-state index contributed by atoms with van der Waals surface area (Å²) in [6.07, 6.45) is 1.92. The molecule has 0 aliphatic heterocycles. The SMILES string of the molecule is CNC(c1ccc(C)nc1)c1snnc1C(C)(C)C. The molecule has 0 bridgehead atoms. The van der Waals surface area contributed by atoms with E-state index in [0.717, 1.165) is 17.0 Å². The molecule has 0 aliphatic rings. The number of hydrogen-bond donors (Lipinski definition) is 1. The van der Waals surface area contributed by atoms with E-state index in [0.29, 0.717) is 0 Å². The molecular weight excluding hydrogens is 256 g/mol. The Bertz CT molecular complexity index is 539. The Balaban J connectivity index is 2.43. The minimum atomic E-state index is -0.00441. The number of rotatable bonds is 3. The maximum atomic E-state index is 4.37. The van der Waals surface area contributed by atoms with E-state index in [1.54, 1.807) is 0 Å². The van der Waals surface area contributed by atoms with Crippen LogP contribution in [0.15, 0.2) is 18.3 Å². The average molecular weight is 276 g/mol. The van der Waals surface area contributed by atoms with Crippen LogP contribution in [0.4, 0.5) is 0 Å². The van der Waals surface area contributed by atoms with E-state index in [-0.39, 0.29) is 11.5 Å². The van der Waals surface area contributed by atoms with Crippen LogP contribution in [0.3, 0.4) is 0 Å². The molecule has 0 radical (unpaired) electrons. The molecule has 0 aliphatic carbocycles. The first-order valence-electron chi connectivity index (χ1n) is 6.36. The molecule has 4 nitrogen and oxygen atoms in total. The second-order valence-corrected chi connectivity index (χ2v) is 6.48. The van der Waals surface area contributed by atoms with Crippen LogP contribution in [0.1, 0.15) is 48.6 Å². The molecule has 0 spiro atoms. The zero-order valence-electron chi connectivity index (χ0n) is 12.1. The zero-order chi connectivity index (χ0) is 14.0. The molecule has 2 aromatic rings. The Morgan fingerprint density at radius 2 is 2.00 bits per heavy atom. The first-order valence-corrected chi connectivity index (χ1v) is 7.13. The average Bonchev–Trinajstić information content (AvgIpc) is 2.81. The van der Waals surface area contributed by atoms with Crippen molar-refractivity contribution >= 4 is 11.5 Å². The fourth-order valence-electron chi connectivity index (χ4n) is 2.01. The molecule has 1 atom stereocenters. The van der Waals surface area contributed by atoms with Gasteiger partial charge in [-0.3, -0.25) is 4.98 Å². The van der Waals surface area contributed by atoms with E-state index in [4.69, 9.17) is 0 Å². The Kier molecular flexibility index (Phi) is 3.96. The lowest BCUT2D eigenvalue weighted by Gasteiger charge is -2.21. The number of aromatic nitrogens is 3. The van der Waals surface area contributed by atoms with Crippen LogP contribution < -0.4 is 5.32 Å². The molecule has 102 valence electrons. The molecule has 5 heteroatoms. The minimum absolute atomic E-state index is 0.00441. The Labute approximate surface area is 118 Å². The molecule has 1 unspecified atom stereocenters. The van der Waals surface area contributed by atoms with Gasteiger partial charge in [0.05, 0.1) is 16.6 Å². The molecule has 19 heavy (non-hydrogen) atoms. The number of aryl methyl sites for hydroxylation is 1. The Morgan fingerprint density at radius 1 is 1.26 bits per heavy atom. The molecule has 0 saturated carbocycles. The van der Waals surface area contributed by atoms with Crippen molar-refractivity contribution in [2.24, 2.45) is 0 Å². The van der Waals surface area contributed by atoms with Crippen LogP contribution in [0.25, 0.3) is 0 Å². The van der Waals surface area contributed by atoms with Crippen molar-refractivity contribution in [1.82, 2.24) is 19.9 Å². The van der Waals surface area contributed by atoms with Crippen molar-refractivity contribution in [3.63, 3.8) is 0 Å². The molecule has 0 amide bonds. The Morgan fingerprint density at radius 3 is 2.53 bits per heavy atom. The number of nitrogens with one attached hydrogen (secondary N) is 1. The van der Waals surface area contributed by atoms with Crippen LogP contribution in [0.5, 0.6) is 0 Å². The summed E-state index contributed by atoms with van der Waals surface area (Å²) >= 11 is 1.46. The third-order valence-electron chi connectivity index (χ3n) is 3.04. The van der Waals surface area contributed by atoms with Gasteiger partial charge in [0, 0.05) is 17.3 Å². The fourth-order valence-corrected chi connectivity index (χ4v) is 3.01. The van der Waals surface area contributed by atoms with Gasteiger partial charge >= 0.3 is 0 Å². The summed E-state index contributed by atoms with van der Waals surface area (Å²) in [5, 5.41) is 7.65. The summed E-state index contributed by atoms with van der Waals surface area (Å²) in [4.78, 5) is 5.54. The largest absolute Gasteiger partial charge is 0.309 e. The second-order valence-electron chi connectivity index (χ2n) is 5.69. The number of nitrogens with zero attached hydrogens (tertiary/aromatic N) is 3. The summed E-state index contributed by atoms with van der Waals surface area (Å²) in [5.41, 5.74) is 3.22. The zero-order valence-corrected chi connectivity index (χ0v) is 12.9. The van der Waals surface area contributed by atoms with Crippen LogP contribution in [-0.4, -0.2) is 21.6 Å². The van der Waals surface area contributed by atoms with Crippen molar-refractivity contribution < 1.29 is 0 Å². The van der Waals surface area contributed by atoms with Crippen LogP contribution in [-0.2, 0) is 5.41 Å². The highest BCUT2D eigenvalue weighted by molar-refractivity contribution is 7.05. The second kappa shape index (κ2) is 5.35. The molecule has 2 rings (SSSR count). The van der Waals surface area contributed by atoms with E-state index >= 15 is 0 Å². The monoisotopic (exact) mass is 276 g/mol. The highest BCUT2D eigenvalue weighted by atomic mass is 32.1. The molecule has 2 aromatic heterocycles. The first kappa shape index (κ1) is 14.1. The lowest BCUT2D eigenvalue weighted by molar-refractivity contribution is 0.549. The molecule has 0 aromatic carbocycles. The maximum Gasteiger partial charge on any atom is 0.0860 e. The molecular formula is C14H20N4S. The van der Waals surface area contributed by atoms with Crippen molar-refractivity contribution in [3.8, 4) is 0 Å². The predicted molar refractivity (Wildman–Crippen MR) is 78.5 cm³/mol. The van der Waals surface area contributed by atoms with Gasteiger partial charge in [0.25, 0.3) is 0 Å². The summed E-state index contributed by atoms with van der Waals surface area (Å²) in [6, 6.07) is 4.24. The predicted octanol–water partition coefficient (Wildman–Crippen LogP) is 2.85. The van der Waals surface area contributed by atoms with E-state index in [2.05, 4.69) is 46.7 Å². The van der Waals surface area contributed by atoms with Gasteiger partial charge in [-0.15, -0.1) is 5.10 Å². The summed E-state index contributed by atoms with van der Waals surface area (Å²) in [6.45, 7) is 8.47. The number of pyridine rings is 1. The molecule has 0 saturated heterocycles. The van der Waals surface area contributed by atoms with Gasteiger partial charge < -0.3 is 5.32 Å². The molecule has 2 heterocycles. The van der Waals surface area contributed by atoms with Gasteiger partial charge in [0.2, 0.25) is 0 Å². The van der Waals surface area contributed by atoms with Gasteiger partial charge in [-0.1, -0.05) is 31.3 Å². The van der Waals surface area contributed by atoms with Crippen LogP contribution in [0, 0.1) is 6.92 Å². The minimum Gasteiger partial charge on any atom is -0.309 e. The summed E-state index contributed by atoms with van der Waals surface area (Å²) in [5.74, 6) is 0. The maximum absolute atomic E-state index is 4.37. The van der Waals surface area contributed by atoms with Gasteiger partial charge in [-0.25, -0.2) is 0 Å². The Hall–Kier alpha value is -1.33. The van der Waals surface area contributed by atoms with Gasteiger partial charge in [0.1, 0.15) is 0 Å². The highest BCUT2D eigenvalue weighted by Gasteiger charge is 2.27. The lowest BCUT2D eigenvalue weighted by Crippen LogP contribution is -2.22. The van der Waals surface area contributed by atoms with Crippen LogP contribution in [0.2, 0.25) is 0 Å². The van der Waals surface area contributed by atoms with Crippen molar-refractivity contribution in [2.75, 3.05) is 7.05 Å². The smallest absolute Gasteiger partial charge is 0.0860 e. The summed E-state index contributed by atoms with van der Waals surface area (Å²) < 4.78 is 4.13. The molecule has 1 N–H and O–H groups in total. The topological polar surface area (TPSA) is 50.7 Å². The van der Waals surface area contributed by atoms with Crippen molar-refractivity contribution in [3.05, 3.63) is 40.2 Å². The lowest BCUT2D eigenvalue weighted by atomic mass is 9.89. The molecule has 0 fully saturated rings. The standard InChI is InChI=1S/C14H20N4S/c1-9-6-7-10(8-16-9)11(15-5)12-13(14(2,3)4)17-18-19-12/h6-8,11,15H,1-5H3. The highest BCUT2D eigenvalue weighted by Crippen LogP contribution is 2.33. The normalized spacial score (nSPS) is 13.5. The first-order chi connectivity index (χ1) is 8.93. The van der Waals surface area contributed by atoms with Gasteiger partial charge in [0.15, 0.2) is 0 Å².